The van der Waals surface area contributed by atoms with Crippen molar-refractivity contribution in [3.8, 4) is 0 Å². The van der Waals surface area contributed by atoms with E-state index >= 15 is 0 Å². The van der Waals surface area contributed by atoms with Crippen LogP contribution < -0.4 is 4.90 Å². The number of thioether (sulfide) groups is 1. The Labute approximate surface area is 203 Å². The summed E-state index contributed by atoms with van der Waals surface area (Å²) in [6.07, 6.45) is 10.00. The number of benzene rings is 3. The van der Waals surface area contributed by atoms with E-state index < -0.39 is 0 Å². The smallest absolute Gasteiger partial charge is 0.270 e. The highest BCUT2D eigenvalue weighted by Gasteiger charge is 2.34. The minimum atomic E-state index is -0.0536. The van der Waals surface area contributed by atoms with Crippen LogP contribution in [0.4, 0.5) is 17.1 Å². The van der Waals surface area contributed by atoms with E-state index in [1.54, 1.807) is 4.90 Å². The minimum Gasteiger partial charge on any atom is -0.311 e. The van der Waals surface area contributed by atoms with Crippen LogP contribution in [0.5, 0.6) is 0 Å². The summed E-state index contributed by atoms with van der Waals surface area (Å²) in [5, 5.41) is 0. The highest BCUT2D eigenvalue weighted by Crippen LogP contribution is 2.37. The zero-order valence-corrected chi connectivity index (χ0v) is 19.6. The van der Waals surface area contributed by atoms with E-state index in [2.05, 4.69) is 53.5 Å². The fourth-order valence-corrected chi connectivity index (χ4v) is 5.23. The van der Waals surface area contributed by atoms with Crippen molar-refractivity contribution in [1.29, 1.82) is 0 Å². The molecule has 3 aromatic carbocycles. The third-order valence-corrected chi connectivity index (χ3v) is 6.81. The van der Waals surface area contributed by atoms with Crippen molar-refractivity contribution in [2.24, 2.45) is 0 Å². The highest BCUT2D eigenvalue weighted by molar-refractivity contribution is 8.26. The fraction of sp³-hybridized carbons (Fsp3) is 0.0714. The van der Waals surface area contributed by atoms with Gasteiger partial charge in [-0.3, -0.25) is 9.69 Å². The number of para-hydroxylation sites is 2. The van der Waals surface area contributed by atoms with Gasteiger partial charge in [-0.15, -0.1) is 0 Å². The van der Waals surface area contributed by atoms with E-state index in [0.717, 1.165) is 41.2 Å². The number of carbonyl (C=O) groups is 1. The molecule has 0 radical (unpaired) electrons. The summed E-state index contributed by atoms with van der Waals surface area (Å²) in [5.74, 6) is -0.0536. The number of rotatable bonds is 5. The van der Waals surface area contributed by atoms with Gasteiger partial charge in [0.1, 0.15) is 0 Å². The molecular formula is C28H22N2OS2. The molecular weight excluding hydrogens is 444 g/mol. The topological polar surface area (TPSA) is 23.6 Å². The summed E-state index contributed by atoms with van der Waals surface area (Å²) in [4.78, 5) is 17.5. The van der Waals surface area contributed by atoms with Crippen molar-refractivity contribution in [1.82, 2.24) is 4.90 Å². The highest BCUT2D eigenvalue weighted by atomic mass is 32.2. The van der Waals surface area contributed by atoms with Crippen molar-refractivity contribution in [3.05, 3.63) is 119 Å². The van der Waals surface area contributed by atoms with Crippen LogP contribution in [0.2, 0.25) is 0 Å². The Morgan fingerprint density at radius 1 is 0.818 bits per heavy atom. The molecule has 5 rings (SSSR count). The Hall–Kier alpha value is -3.41. The maximum Gasteiger partial charge on any atom is 0.270 e. The summed E-state index contributed by atoms with van der Waals surface area (Å²) in [5.41, 5.74) is 5.07. The van der Waals surface area contributed by atoms with Gasteiger partial charge in [0.25, 0.3) is 5.91 Å². The predicted molar refractivity (Wildman–Crippen MR) is 143 cm³/mol. The number of hydrogen-bond donors (Lipinski definition) is 0. The molecule has 0 bridgehead atoms. The molecule has 3 nitrogen and oxygen atoms in total. The molecule has 0 unspecified atom stereocenters. The molecule has 3 aromatic rings. The second kappa shape index (κ2) is 9.61. The van der Waals surface area contributed by atoms with Gasteiger partial charge in [-0.1, -0.05) is 84.7 Å². The molecule has 0 saturated carbocycles. The van der Waals surface area contributed by atoms with E-state index in [9.17, 15) is 4.79 Å². The molecule has 0 spiro atoms. The van der Waals surface area contributed by atoms with Crippen molar-refractivity contribution in [2.45, 2.75) is 12.8 Å². The first-order valence-corrected chi connectivity index (χ1v) is 12.1. The molecule has 0 N–H and O–H groups in total. The molecule has 1 amide bonds. The lowest BCUT2D eigenvalue weighted by atomic mass is 10.1. The average Bonchev–Trinajstić information content (AvgIpc) is 3.14. The average molecular weight is 467 g/mol. The van der Waals surface area contributed by atoms with Gasteiger partial charge in [0, 0.05) is 22.8 Å². The molecule has 162 valence electrons. The van der Waals surface area contributed by atoms with Gasteiger partial charge < -0.3 is 4.90 Å². The molecule has 5 heteroatoms. The molecule has 0 aromatic heterocycles. The monoisotopic (exact) mass is 466 g/mol. The SMILES string of the molecule is O=C1C(=Cc2ccc(N(c3ccccc3)c3ccccc3)cc2)SC(=S)N1C1=CCCC=C1. The van der Waals surface area contributed by atoms with Crippen molar-refractivity contribution in [3.63, 3.8) is 0 Å². The van der Waals surface area contributed by atoms with Crippen LogP contribution in [0.25, 0.3) is 6.08 Å². The first-order valence-electron chi connectivity index (χ1n) is 10.9. The number of anilines is 3. The van der Waals surface area contributed by atoms with Gasteiger partial charge in [-0.2, -0.15) is 0 Å². The van der Waals surface area contributed by atoms with Gasteiger partial charge in [-0.05, 0) is 67.0 Å². The first kappa shape index (κ1) is 21.4. The Morgan fingerprint density at radius 3 is 2.00 bits per heavy atom. The third-order valence-electron chi connectivity index (χ3n) is 5.51. The predicted octanol–water partition coefficient (Wildman–Crippen LogP) is 7.59. The molecule has 33 heavy (non-hydrogen) atoms. The van der Waals surface area contributed by atoms with Crippen LogP contribution in [0.1, 0.15) is 18.4 Å². The van der Waals surface area contributed by atoms with Gasteiger partial charge in [0.05, 0.1) is 4.91 Å². The van der Waals surface area contributed by atoms with Gasteiger partial charge >= 0.3 is 0 Å². The quantitative estimate of drug-likeness (QED) is 0.285. The number of carbonyl (C=O) groups excluding carboxylic acids is 1. The number of allylic oxidation sites excluding steroid dienone is 3. The Kier molecular flexibility index (Phi) is 6.24. The summed E-state index contributed by atoms with van der Waals surface area (Å²) >= 11 is 6.86. The lowest BCUT2D eigenvalue weighted by Crippen LogP contribution is -2.26. The van der Waals surface area contributed by atoms with E-state index in [-0.39, 0.29) is 5.91 Å². The van der Waals surface area contributed by atoms with Crippen LogP contribution in [0, 0.1) is 0 Å². The Morgan fingerprint density at radius 2 is 1.42 bits per heavy atom. The van der Waals surface area contributed by atoms with E-state index in [1.165, 1.54) is 11.8 Å². The van der Waals surface area contributed by atoms with Crippen LogP contribution in [0.3, 0.4) is 0 Å². The second-order valence-corrected chi connectivity index (χ2v) is 9.40. The maximum absolute atomic E-state index is 13.0. The van der Waals surface area contributed by atoms with Gasteiger partial charge in [-0.25, -0.2) is 0 Å². The normalized spacial score (nSPS) is 16.9. The summed E-state index contributed by atoms with van der Waals surface area (Å²) in [6, 6.07) is 28.8. The molecule has 1 aliphatic heterocycles. The number of amides is 1. The third kappa shape index (κ3) is 4.56. The van der Waals surface area contributed by atoms with E-state index in [0.29, 0.717) is 9.23 Å². The summed E-state index contributed by atoms with van der Waals surface area (Å²) in [7, 11) is 0. The number of thiocarbonyl (C=S) groups is 1. The van der Waals surface area contributed by atoms with Crippen LogP contribution >= 0.6 is 24.0 Å². The number of nitrogens with zero attached hydrogens (tertiary/aromatic N) is 2. The van der Waals surface area contributed by atoms with E-state index in [4.69, 9.17) is 12.2 Å². The zero-order valence-electron chi connectivity index (χ0n) is 17.9. The van der Waals surface area contributed by atoms with Crippen LogP contribution in [-0.4, -0.2) is 15.1 Å². The first-order chi connectivity index (χ1) is 16.2. The van der Waals surface area contributed by atoms with Crippen molar-refractivity contribution < 1.29 is 4.79 Å². The molecule has 1 fully saturated rings. The molecule has 2 aliphatic rings. The molecule has 1 heterocycles. The van der Waals surface area contributed by atoms with E-state index in [1.807, 2.05) is 60.7 Å². The Balaban J connectivity index is 1.43. The molecule has 1 saturated heterocycles. The molecule has 1 aliphatic carbocycles. The Bertz CT molecular complexity index is 1220. The lowest BCUT2D eigenvalue weighted by molar-refractivity contribution is -0.120. The second-order valence-electron chi connectivity index (χ2n) is 7.72. The lowest BCUT2D eigenvalue weighted by Gasteiger charge is -2.25. The molecule has 0 atom stereocenters. The zero-order chi connectivity index (χ0) is 22.6. The van der Waals surface area contributed by atoms with Gasteiger partial charge in [0.15, 0.2) is 4.32 Å². The van der Waals surface area contributed by atoms with Crippen LogP contribution in [-0.2, 0) is 4.79 Å². The fourth-order valence-electron chi connectivity index (χ4n) is 3.93. The maximum atomic E-state index is 13.0. The number of hydrogen-bond acceptors (Lipinski definition) is 4. The largest absolute Gasteiger partial charge is 0.311 e. The standard InChI is InChI=1S/C28H22N2OS2/c31-27-26(33-28(32)30(27)24-14-8-3-9-15-24)20-21-16-18-25(19-17-21)29(22-10-4-1-5-11-22)23-12-6-2-7-13-23/h1-2,4-8,10-20H,3,9H2. The van der Waals surface area contributed by atoms with Crippen molar-refractivity contribution in [2.75, 3.05) is 4.90 Å². The van der Waals surface area contributed by atoms with Crippen LogP contribution in [0.15, 0.2) is 114 Å². The van der Waals surface area contributed by atoms with Crippen molar-refractivity contribution >= 4 is 57.3 Å². The minimum absolute atomic E-state index is 0.0536. The summed E-state index contributed by atoms with van der Waals surface area (Å²) < 4.78 is 0.583. The van der Waals surface area contributed by atoms with Gasteiger partial charge in [0.2, 0.25) is 0 Å². The summed E-state index contributed by atoms with van der Waals surface area (Å²) in [6.45, 7) is 0.